The number of hydrogen-bond acceptors (Lipinski definition) is 5. The Bertz CT molecular complexity index is 1240. The number of nitrogens with zero attached hydrogens (tertiary/aromatic N) is 2. The topological polar surface area (TPSA) is 83.7 Å². The molecule has 0 radical (unpaired) electrons. The van der Waals surface area contributed by atoms with E-state index in [1.165, 1.54) is 18.3 Å². The molecule has 33 heavy (non-hydrogen) atoms. The molecule has 0 unspecified atom stereocenters. The number of nitriles is 1. The van der Waals surface area contributed by atoms with Crippen LogP contribution in [0.5, 0.6) is 11.5 Å². The van der Waals surface area contributed by atoms with Crippen molar-refractivity contribution in [2.24, 2.45) is 5.10 Å². The van der Waals surface area contributed by atoms with Gasteiger partial charge in [0.1, 0.15) is 12.4 Å². The molecule has 0 aliphatic heterocycles. The van der Waals surface area contributed by atoms with Crippen LogP contribution < -0.4 is 14.9 Å². The highest BCUT2D eigenvalue weighted by Gasteiger charge is 2.14. The first kappa shape index (κ1) is 24.1. The van der Waals surface area contributed by atoms with Crippen LogP contribution in [0.3, 0.4) is 0 Å². The van der Waals surface area contributed by atoms with Gasteiger partial charge in [-0.2, -0.15) is 10.4 Å². The number of carbonyl (C=O) groups is 1. The molecule has 3 aromatic rings. The molecule has 0 bridgehead atoms. The summed E-state index contributed by atoms with van der Waals surface area (Å²) in [4.78, 5) is 12.2. The number of ether oxygens (including phenoxy) is 2. The van der Waals surface area contributed by atoms with Gasteiger partial charge in [0.2, 0.25) is 0 Å². The van der Waals surface area contributed by atoms with E-state index in [0.29, 0.717) is 28.7 Å². The second-order valence-corrected chi connectivity index (χ2v) is 7.46. The maximum atomic E-state index is 14.0. The van der Waals surface area contributed by atoms with Gasteiger partial charge >= 0.3 is 0 Å². The van der Waals surface area contributed by atoms with E-state index in [2.05, 4.69) is 10.5 Å². The second kappa shape index (κ2) is 11.3. The number of hydrazone groups is 1. The van der Waals surface area contributed by atoms with Crippen molar-refractivity contribution in [2.75, 3.05) is 6.61 Å². The van der Waals surface area contributed by atoms with E-state index in [4.69, 9.17) is 37.9 Å². The molecule has 0 aliphatic rings. The fraction of sp³-hybridized carbons (Fsp3) is 0.125. The van der Waals surface area contributed by atoms with Crippen molar-refractivity contribution in [1.82, 2.24) is 5.43 Å². The average Bonchev–Trinajstić information content (AvgIpc) is 2.79. The van der Waals surface area contributed by atoms with Gasteiger partial charge in [-0.1, -0.05) is 41.4 Å². The second-order valence-electron chi connectivity index (χ2n) is 6.65. The van der Waals surface area contributed by atoms with Crippen molar-refractivity contribution >= 4 is 35.3 Å². The highest BCUT2D eigenvalue weighted by molar-refractivity contribution is 6.32. The quantitative estimate of drug-likeness (QED) is 0.325. The maximum Gasteiger partial charge on any atom is 0.274 e. The van der Waals surface area contributed by atoms with Crippen molar-refractivity contribution in [3.8, 4) is 17.6 Å². The Labute approximate surface area is 200 Å². The number of hydrogen-bond donors (Lipinski definition) is 1. The first-order chi connectivity index (χ1) is 15.9. The highest BCUT2D eigenvalue weighted by atomic mass is 35.5. The van der Waals surface area contributed by atoms with Gasteiger partial charge in [-0.15, -0.1) is 0 Å². The predicted octanol–water partition coefficient (Wildman–Crippen LogP) is 5.75. The summed E-state index contributed by atoms with van der Waals surface area (Å²) in [6, 6.07) is 15.9. The van der Waals surface area contributed by atoms with Gasteiger partial charge in [-0.25, -0.2) is 9.82 Å². The molecular weight excluding hydrogens is 468 g/mol. The van der Waals surface area contributed by atoms with E-state index in [0.717, 1.165) is 11.6 Å². The molecule has 0 spiro atoms. The van der Waals surface area contributed by atoms with Crippen molar-refractivity contribution < 1.29 is 18.7 Å². The van der Waals surface area contributed by atoms with Crippen LogP contribution in [0.4, 0.5) is 4.39 Å². The van der Waals surface area contributed by atoms with Crippen molar-refractivity contribution in [3.63, 3.8) is 0 Å². The van der Waals surface area contributed by atoms with E-state index in [1.54, 1.807) is 24.3 Å². The SMILES string of the molecule is CCOc1cc(/C=N\NC(=O)c2ccc(C#N)cc2F)cc(Cl)c1OCc1ccccc1Cl. The Morgan fingerprint density at radius 1 is 1.15 bits per heavy atom. The standard InChI is InChI=1S/C24H18Cl2FN3O3/c1-2-32-22-11-16(9-20(26)23(22)33-14-17-5-3-4-6-19(17)25)13-29-30-24(31)18-8-7-15(12-28)10-21(18)27/h3-11,13H,2,14H2,1H3,(H,30,31)/b29-13-. The number of halogens is 3. The van der Waals surface area contributed by atoms with Crippen LogP contribution in [0.15, 0.2) is 59.7 Å². The third-order valence-electron chi connectivity index (χ3n) is 4.38. The predicted molar refractivity (Wildman–Crippen MR) is 125 cm³/mol. The lowest BCUT2D eigenvalue weighted by Gasteiger charge is -2.15. The summed E-state index contributed by atoms with van der Waals surface area (Å²) in [5.41, 5.74) is 3.44. The summed E-state index contributed by atoms with van der Waals surface area (Å²) in [6.45, 7) is 2.38. The van der Waals surface area contributed by atoms with E-state index in [1.807, 2.05) is 25.1 Å². The molecule has 168 valence electrons. The van der Waals surface area contributed by atoms with E-state index < -0.39 is 11.7 Å². The summed E-state index contributed by atoms with van der Waals surface area (Å²) >= 11 is 12.6. The highest BCUT2D eigenvalue weighted by Crippen LogP contribution is 2.37. The molecule has 3 rings (SSSR count). The summed E-state index contributed by atoms with van der Waals surface area (Å²) in [5, 5.41) is 13.5. The summed E-state index contributed by atoms with van der Waals surface area (Å²) < 4.78 is 25.5. The molecule has 1 amide bonds. The van der Waals surface area contributed by atoms with Gasteiger partial charge in [0.25, 0.3) is 5.91 Å². The first-order valence-corrected chi connectivity index (χ1v) is 10.5. The van der Waals surface area contributed by atoms with Gasteiger partial charge in [0, 0.05) is 10.6 Å². The lowest BCUT2D eigenvalue weighted by molar-refractivity contribution is 0.0951. The minimum atomic E-state index is -0.816. The number of amides is 1. The fourth-order valence-electron chi connectivity index (χ4n) is 2.83. The smallest absolute Gasteiger partial charge is 0.274 e. The third kappa shape index (κ3) is 6.22. The Hall–Kier alpha value is -3.60. The van der Waals surface area contributed by atoms with Crippen LogP contribution >= 0.6 is 23.2 Å². The Kier molecular flexibility index (Phi) is 8.25. The maximum absolute atomic E-state index is 14.0. The van der Waals surface area contributed by atoms with E-state index >= 15 is 0 Å². The van der Waals surface area contributed by atoms with Gasteiger partial charge in [-0.05, 0) is 48.9 Å². The lowest BCUT2D eigenvalue weighted by Crippen LogP contribution is -2.19. The van der Waals surface area contributed by atoms with Crippen LogP contribution in [0.25, 0.3) is 0 Å². The monoisotopic (exact) mass is 485 g/mol. The van der Waals surface area contributed by atoms with Crippen LogP contribution in [0.1, 0.15) is 34.0 Å². The molecule has 6 nitrogen and oxygen atoms in total. The fourth-order valence-corrected chi connectivity index (χ4v) is 3.29. The van der Waals surface area contributed by atoms with Gasteiger partial charge in [-0.3, -0.25) is 4.79 Å². The molecule has 0 aliphatic carbocycles. The van der Waals surface area contributed by atoms with Gasteiger partial charge < -0.3 is 9.47 Å². The number of nitrogens with one attached hydrogen (secondary N) is 1. The van der Waals surface area contributed by atoms with Gasteiger partial charge in [0.05, 0.1) is 35.0 Å². The summed E-state index contributed by atoms with van der Waals surface area (Å²) in [7, 11) is 0. The van der Waals surface area contributed by atoms with Gasteiger partial charge in [0.15, 0.2) is 11.5 Å². The molecule has 0 saturated carbocycles. The van der Waals surface area contributed by atoms with Crippen LogP contribution in [-0.4, -0.2) is 18.7 Å². The molecule has 0 saturated heterocycles. The minimum absolute atomic E-state index is 0.113. The zero-order valence-electron chi connectivity index (χ0n) is 17.4. The van der Waals surface area contributed by atoms with E-state index in [-0.39, 0.29) is 22.8 Å². The average molecular weight is 486 g/mol. The zero-order chi connectivity index (χ0) is 23.8. The molecular formula is C24H18Cl2FN3O3. The normalized spacial score (nSPS) is 10.6. The Morgan fingerprint density at radius 2 is 1.94 bits per heavy atom. The summed E-state index contributed by atoms with van der Waals surface area (Å²) in [5.74, 6) is -0.838. The molecule has 0 fully saturated rings. The largest absolute Gasteiger partial charge is 0.490 e. The van der Waals surface area contributed by atoms with Crippen LogP contribution in [-0.2, 0) is 6.61 Å². The molecule has 0 aromatic heterocycles. The molecule has 1 N–H and O–H groups in total. The zero-order valence-corrected chi connectivity index (χ0v) is 19.0. The Morgan fingerprint density at radius 3 is 2.64 bits per heavy atom. The Balaban J connectivity index is 1.74. The van der Waals surface area contributed by atoms with Crippen LogP contribution in [0.2, 0.25) is 10.0 Å². The lowest BCUT2D eigenvalue weighted by atomic mass is 10.1. The van der Waals surface area contributed by atoms with E-state index in [9.17, 15) is 9.18 Å². The van der Waals surface area contributed by atoms with Crippen molar-refractivity contribution in [2.45, 2.75) is 13.5 Å². The van der Waals surface area contributed by atoms with Crippen molar-refractivity contribution in [3.05, 3.63) is 92.7 Å². The number of rotatable bonds is 8. The molecule has 3 aromatic carbocycles. The molecule has 0 heterocycles. The summed E-state index contributed by atoms with van der Waals surface area (Å²) in [6.07, 6.45) is 1.34. The number of carbonyl (C=O) groups excluding carboxylic acids is 1. The van der Waals surface area contributed by atoms with Crippen molar-refractivity contribution in [1.29, 1.82) is 5.26 Å². The van der Waals surface area contributed by atoms with Crippen LogP contribution in [0, 0.1) is 17.1 Å². The first-order valence-electron chi connectivity index (χ1n) is 9.78. The number of benzene rings is 3. The third-order valence-corrected chi connectivity index (χ3v) is 5.03. The molecule has 0 atom stereocenters. The molecule has 9 heteroatoms. The minimum Gasteiger partial charge on any atom is -0.490 e.